The topological polar surface area (TPSA) is 60.6 Å². The molecule has 1 aromatic heterocycles. The number of para-hydroxylation sites is 1. The number of hydroxylamine groups is 1. The molecule has 0 unspecified atom stereocenters. The smallest absolute Gasteiger partial charge is 0.270 e. The first-order chi connectivity index (χ1) is 17.5. The number of amides is 1. The third-order valence-corrected chi connectivity index (χ3v) is 8.35. The molecule has 1 amide bonds. The molecule has 6 nitrogen and oxygen atoms in total. The number of likely N-dealkylation sites (tertiary alicyclic amines) is 2. The van der Waals surface area contributed by atoms with Crippen LogP contribution in [0.2, 0.25) is 0 Å². The van der Waals surface area contributed by atoms with Crippen LogP contribution >= 0.6 is 15.9 Å². The zero-order valence-electron chi connectivity index (χ0n) is 21.1. The number of carbonyl (C=O) groups excluding carboxylic acids is 1. The van der Waals surface area contributed by atoms with E-state index >= 15 is 0 Å². The van der Waals surface area contributed by atoms with Gasteiger partial charge in [0.25, 0.3) is 5.91 Å². The number of halogens is 1. The van der Waals surface area contributed by atoms with Crippen molar-refractivity contribution in [3.05, 3.63) is 75.9 Å². The minimum absolute atomic E-state index is 0.109. The normalized spacial score (nSPS) is 18.4. The molecule has 0 spiro atoms. The Morgan fingerprint density at radius 2 is 1.75 bits per heavy atom. The third-order valence-electron chi connectivity index (χ3n) is 7.82. The average molecular weight is 552 g/mol. The quantitative estimate of drug-likeness (QED) is 0.371. The van der Waals surface area contributed by atoms with Crippen molar-refractivity contribution in [3.63, 3.8) is 0 Å². The Bertz CT molecular complexity index is 1200. The summed E-state index contributed by atoms with van der Waals surface area (Å²) in [6.07, 6.45) is 4.01. The second kappa shape index (κ2) is 10.8. The fourth-order valence-corrected chi connectivity index (χ4v) is 5.79. The van der Waals surface area contributed by atoms with Gasteiger partial charge >= 0.3 is 0 Å². The van der Waals surface area contributed by atoms with Gasteiger partial charge in [0.15, 0.2) is 0 Å². The van der Waals surface area contributed by atoms with Crippen LogP contribution in [0, 0.1) is 0 Å². The lowest BCUT2D eigenvalue weighted by Gasteiger charge is -2.48. The molecule has 2 N–H and O–H groups in total. The monoisotopic (exact) mass is 550 g/mol. The Labute approximate surface area is 221 Å². The number of H-pyrrole nitrogens is 1. The number of rotatable bonds is 6. The van der Waals surface area contributed by atoms with Gasteiger partial charge in [0.2, 0.25) is 0 Å². The molecule has 0 radical (unpaired) electrons. The third kappa shape index (κ3) is 5.24. The number of nitrogens with zero attached hydrogens (tertiary/aromatic N) is 2. The molecule has 2 fully saturated rings. The van der Waals surface area contributed by atoms with Crippen LogP contribution in [0.4, 0.5) is 0 Å². The second-order valence-corrected chi connectivity index (χ2v) is 11.0. The summed E-state index contributed by atoms with van der Waals surface area (Å²) in [5.41, 5.74) is 8.72. The maximum absolute atomic E-state index is 13.2. The van der Waals surface area contributed by atoms with Crippen molar-refractivity contribution in [1.82, 2.24) is 20.3 Å². The summed E-state index contributed by atoms with van der Waals surface area (Å²) in [5.74, 6) is 0.109. The van der Waals surface area contributed by atoms with Crippen molar-refractivity contribution >= 4 is 38.4 Å². The molecule has 2 aliphatic heterocycles. The maximum atomic E-state index is 13.2. The Kier molecular flexibility index (Phi) is 7.51. The number of fused-ring (bicyclic) bond motifs is 1. The number of aromatic nitrogens is 1. The Morgan fingerprint density at radius 1 is 1.06 bits per heavy atom. The standard InChI is InChI=1S/C29H35BrN4O2/c1-3-36-32-27(21-8-10-24(30)11-9-21)22-12-16-34(17-13-22)29(2)14-18-33(19-15-29)28(35)26-20-23-6-4-5-7-25(23)31-26/h4-11,20,31-32H,3,12-19H2,1-2H3. The molecular weight excluding hydrogens is 516 g/mol. The van der Waals surface area contributed by atoms with Crippen LogP contribution in [0.1, 0.15) is 55.6 Å². The number of nitrogens with one attached hydrogen (secondary N) is 2. The Morgan fingerprint density at radius 3 is 2.42 bits per heavy atom. The van der Waals surface area contributed by atoms with Crippen LogP contribution in [0.25, 0.3) is 16.6 Å². The van der Waals surface area contributed by atoms with E-state index in [1.807, 2.05) is 42.2 Å². The molecule has 2 aromatic carbocycles. The largest absolute Gasteiger partial charge is 0.351 e. The van der Waals surface area contributed by atoms with Gasteiger partial charge in [-0.05, 0) is 74.9 Å². The molecule has 0 saturated carbocycles. The van der Waals surface area contributed by atoms with E-state index in [0.717, 1.165) is 78.5 Å². The zero-order chi connectivity index (χ0) is 25.1. The van der Waals surface area contributed by atoms with E-state index in [1.165, 1.54) is 5.57 Å². The fourth-order valence-electron chi connectivity index (χ4n) is 5.53. The molecule has 7 heteroatoms. The summed E-state index contributed by atoms with van der Waals surface area (Å²) in [4.78, 5) is 26.7. The highest BCUT2D eigenvalue weighted by Gasteiger charge is 2.38. The van der Waals surface area contributed by atoms with E-state index in [4.69, 9.17) is 4.84 Å². The van der Waals surface area contributed by atoms with Crippen LogP contribution < -0.4 is 5.48 Å². The SMILES string of the molecule is CCONC(=C1CCN(C2(C)CCN(C(=O)c3cc4ccccc4[nH]3)CC2)CC1)c1ccc(Br)cc1. The number of benzene rings is 2. The molecule has 0 atom stereocenters. The highest BCUT2D eigenvalue weighted by atomic mass is 79.9. The van der Waals surface area contributed by atoms with Crippen LogP contribution in [0.15, 0.2) is 64.6 Å². The molecule has 2 aliphatic rings. The van der Waals surface area contributed by atoms with Crippen molar-refractivity contribution < 1.29 is 9.63 Å². The molecule has 5 rings (SSSR count). The van der Waals surface area contributed by atoms with Gasteiger partial charge in [-0.25, -0.2) is 0 Å². The maximum Gasteiger partial charge on any atom is 0.270 e. The summed E-state index contributed by atoms with van der Waals surface area (Å²) in [7, 11) is 0. The Balaban J connectivity index is 1.22. The molecule has 0 aliphatic carbocycles. The Hall–Kier alpha value is -2.61. The summed E-state index contributed by atoms with van der Waals surface area (Å²) in [6.45, 7) is 8.62. The van der Waals surface area contributed by atoms with Gasteiger partial charge in [-0.1, -0.05) is 46.3 Å². The number of carbonyl (C=O) groups is 1. The van der Waals surface area contributed by atoms with Gasteiger partial charge in [0, 0.05) is 47.1 Å². The molecule has 3 heterocycles. The second-order valence-electron chi connectivity index (χ2n) is 10.1. The highest BCUT2D eigenvalue weighted by Crippen LogP contribution is 2.34. The predicted octanol–water partition coefficient (Wildman–Crippen LogP) is 5.97. The van der Waals surface area contributed by atoms with Gasteiger partial charge in [-0.2, -0.15) is 0 Å². The van der Waals surface area contributed by atoms with Gasteiger partial charge in [-0.15, -0.1) is 0 Å². The molecule has 3 aromatic rings. The molecule has 2 saturated heterocycles. The first kappa shape index (κ1) is 25.1. The molecular formula is C29H35BrN4O2. The van der Waals surface area contributed by atoms with Gasteiger partial charge in [-0.3, -0.25) is 20.0 Å². The first-order valence-corrected chi connectivity index (χ1v) is 13.7. The first-order valence-electron chi connectivity index (χ1n) is 12.9. The van der Waals surface area contributed by atoms with Crippen LogP contribution in [-0.4, -0.2) is 59.0 Å². The van der Waals surface area contributed by atoms with Gasteiger partial charge in [0.1, 0.15) is 5.69 Å². The van der Waals surface area contributed by atoms with E-state index in [-0.39, 0.29) is 11.4 Å². The average Bonchev–Trinajstić information content (AvgIpc) is 3.35. The predicted molar refractivity (Wildman–Crippen MR) is 148 cm³/mol. The summed E-state index contributed by atoms with van der Waals surface area (Å²) < 4.78 is 1.07. The lowest BCUT2D eigenvalue weighted by atomic mass is 9.85. The summed E-state index contributed by atoms with van der Waals surface area (Å²) in [6, 6.07) is 18.4. The van der Waals surface area contributed by atoms with Crippen molar-refractivity contribution in [2.75, 3.05) is 32.8 Å². The van der Waals surface area contributed by atoms with E-state index in [2.05, 4.69) is 62.5 Å². The molecule has 36 heavy (non-hydrogen) atoms. The summed E-state index contributed by atoms with van der Waals surface area (Å²) in [5, 5.41) is 1.08. The van der Waals surface area contributed by atoms with E-state index in [1.54, 1.807) is 0 Å². The van der Waals surface area contributed by atoms with Gasteiger partial charge < -0.3 is 9.88 Å². The van der Waals surface area contributed by atoms with Crippen molar-refractivity contribution in [3.8, 4) is 0 Å². The molecule has 0 bridgehead atoms. The van der Waals surface area contributed by atoms with Gasteiger partial charge in [0.05, 0.1) is 12.3 Å². The number of hydrogen-bond donors (Lipinski definition) is 2. The highest BCUT2D eigenvalue weighted by molar-refractivity contribution is 9.10. The zero-order valence-corrected chi connectivity index (χ0v) is 22.7. The van der Waals surface area contributed by atoms with Crippen molar-refractivity contribution in [2.24, 2.45) is 0 Å². The van der Waals surface area contributed by atoms with E-state index in [9.17, 15) is 4.79 Å². The minimum atomic E-state index is 0.109. The lowest BCUT2D eigenvalue weighted by Crippen LogP contribution is -2.56. The van der Waals surface area contributed by atoms with Crippen LogP contribution in [0.5, 0.6) is 0 Å². The van der Waals surface area contributed by atoms with E-state index < -0.39 is 0 Å². The minimum Gasteiger partial charge on any atom is -0.351 e. The van der Waals surface area contributed by atoms with E-state index in [0.29, 0.717) is 12.3 Å². The van der Waals surface area contributed by atoms with Crippen molar-refractivity contribution in [2.45, 2.75) is 45.1 Å². The summed E-state index contributed by atoms with van der Waals surface area (Å²) >= 11 is 3.53. The lowest BCUT2D eigenvalue weighted by molar-refractivity contribution is 0.0254. The van der Waals surface area contributed by atoms with Crippen molar-refractivity contribution in [1.29, 1.82) is 0 Å². The fraction of sp³-hybridized carbons (Fsp3) is 0.414. The van der Waals surface area contributed by atoms with Crippen LogP contribution in [0.3, 0.4) is 0 Å². The molecule has 190 valence electrons. The van der Waals surface area contributed by atoms with Crippen LogP contribution in [-0.2, 0) is 4.84 Å². The number of piperidine rings is 2. The number of hydrogen-bond acceptors (Lipinski definition) is 4. The number of aromatic amines is 1.